The minimum Gasteiger partial charge on any atom is -0.496 e. The van der Waals surface area contributed by atoms with E-state index in [9.17, 15) is 42.6 Å². The number of halogens is 1. The summed E-state index contributed by atoms with van der Waals surface area (Å²) in [5.74, 6) is 1.05. The van der Waals surface area contributed by atoms with E-state index in [1.54, 1.807) is 58.3 Å². The molecule has 2 saturated heterocycles. The van der Waals surface area contributed by atoms with E-state index in [2.05, 4.69) is 10.0 Å². The smallest absolute Gasteiger partial charge is 0.496 e. The Kier molecular flexibility index (Phi) is 22.0. The monoisotopic (exact) mass is 991 g/mol. The predicted molar refractivity (Wildman–Crippen MR) is 253 cm³/mol. The third-order valence-corrected chi connectivity index (χ3v) is 12.3. The SMILES string of the molecule is COc1ccc(CN2C(=O)CC[C@H]2CN=[N+]=[N-])cc1-c1cccc([N+](=O)[O-])c1.COc1ccc(CN2C(=O)CC[C@H]2COS(=O)(=O)c2ccc(C)cc2)cc1-c1cccc([N+](=O)[O-])c1.[2H]CF.[N-]=[N+]=[N-].[Na+]. The number of ether oxygens (including phenoxy) is 2. The van der Waals surface area contributed by atoms with Crippen LogP contribution >= 0.6 is 0 Å². The van der Waals surface area contributed by atoms with Crippen molar-refractivity contribution >= 4 is 33.3 Å². The van der Waals surface area contributed by atoms with Gasteiger partial charge in [0.1, 0.15) is 11.5 Å². The third-order valence-electron chi connectivity index (χ3n) is 11.0. The van der Waals surface area contributed by atoms with Gasteiger partial charge in [-0.2, -0.15) is 8.42 Å². The van der Waals surface area contributed by atoms with Crippen molar-refractivity contribution in [2.24, 2.45) is 5.11 Å². The molecule has 2 fully saturated rings. The van der Waals surface area contributed by atoms with Crippen LogP contribution in [0.1, 0.15) is 43.7 Å². The molecular weight excluding hydrogens is 943 g/mol. The van der Waals surface area contributed by atoms with Crippen molar-refractivity contribution in [2.75, 3.05) is 34.5 Å². The summed E-state index contributed by atoms with van der Waals surface area (Å²) in [6, 6.07) is 29.3. The first-order chi connectivity index (χ1) is 33.5. The first kappa shape index (κ1) is 55.5. The van der Waals surface area contributed by atoms with E-state index in [4.69, 9.17) is 31.6 Å². The van der Waals surface area contributed by atoms with Crippen LogP contribution in [0, 0.1) is 27.2 Å². The summed E-state index contributed by atoms with van der Waals surface area (Å²) < 4.78 is 56.9. The predicted octanol–water partition coefficient (Wildman–Crippen LogP) is 7.00. The van der Waals surface area contributed by atoms with Crippen molar-refractivity contribution in [2.45, 2.75) is 62.7 Å². The van der Waals surface area contributed by atoms with E-state index in [1.807, 2.05) is 31.2 Å². The number of carbonyl (C=O) groups is 2. The number of benzene rings is 5. The Morgan fingerprint density at radius 3 is 1.63 bits per heavy atom. The molecule has 2 aliphatic rings. The average Bonchev–Trinajstić information content (AvgIpc) is 3.89. The minimum absolute atomic E-state index is 0. The molecule has 0 aromatic heterocycles. The molecule has 0 spiro atoms. The van der Waals surface area contributed by atoms with Gasteiger partial charge in [-0.1, -0.05) is 59.2 Å². The van der Waals surface area contributed by atoms with E-state index < -0.39 is 33.2 Å². The number of methoxy groups -OCH3 is 2. The zero-order valence-corrected chi connectivity index (χ0v) is 41.5. The maximum atomic E-state index is 12.6. The second-order valence-corrected chi connectivity index (χ2v) is 16.8. The van der Waals surface area contributed by atoms with Gasteiger partial charge >= 0.3 is 29.6 Å². The molecule has 0 N–H and O–H groups in total. The second kappa shape index (κ2) is 27.8. The van der Waals surface area contributed by atoms with Crippen LogP contribution in [0.5, 0.6) is 11.5 Å². The van der Waals surface area contributed by atoms with Crippen molar-refractivity contribution in [3.8, 4) is 33.8 Å². The van der Waals surface area contributed by atoms with Gasteiger partial charge in [0.05, 0.1) is 50.1 Å². The van der Waals surface area contributed by atoms with Crippen molar-refractivity contribution in [1.29, 1.82) is 0 Å². The number of nitro benzene ring substituents is 2. The number of nitrogens with zero attached hydrogens (tertiary/aromatic N) is 10. The fourth-order valence-electron chi connectivity index (χ4n) is 7.58. The summed E-state index contributed by atoms with van der Waals surface area (Å²) in [5.41, 5.74) is 27.2. The molecule has 0 radical (unpaired) electrons. The molecule has 21 nitrogen and oxygen atoms in total. The number of non-ortho nitro benzene ring substituents is 2. The zero-order chi connectivity index (χ0) is 51.4. The van der Waals surface area contributed by atoms with E-state index in [0.717, 1.165) is 16.7 Å². The Balaban J connectivity index is 0.000000341. The standard InChI is InChI=1S/C26H26N2O7S.C19H19N5O4.CH3F.N3.Na/c1-18-6-10-23(11-7-18)36(32,33)35-17-22-9-13-26(29)27(22)16-19-8-12-25(34-2)24(14-19)20-4-3-5-21(15-20)28(30)31;1-28-18-7-5-13(12-23-16(11-21-22-20)6-8-19(23)25)9-17(18)14-3-2-4-15(10-14)24(26)27;1-2;1-3-2;/h3-8,10-12,14-15,22H,9,13,16-17H2,1-2H3;2-5,7,9-10,16H,6,8,11-12H2,1H3;1H3;;/q;;;-1;+1/t22-;16-;;;/m00.../s1/i;;1D;;. The number of hydrogen-bond donors (Lipinski definition) is 0. The molecule has 2 aliphatic heterocycles. The summed E-state index contributed by atoms with van der Waals surface area (Å²) in [6.45, 7) is 2.58. The first-order valence-electron chi connectivity index (χ1n) is 21.5. The van der Waals surface area contributed by atoms with Crippen LogP contribution in [0.15, 0.2) is 119 Å². The zero-order valence-electron chi connectivity index (χ0n) is 39.7. The molecule has 362 valence electrons. The van der Waals surface area contributed by atoms with Gasteiger partial charge in [-0.3, -0.25) is 43.3 Å². The van der Waals surface area contributed by atoms with Crippen LogP contribution in [0.25, 0.3) is 48.7 Å². The van der Waals surface area contributed by atoms with Gasteiger partial charge in [0, 0.05) is 78.8 Å². The van der Waals surface area contributed by atoms with Crippen molar-refractivity contribution in [3.63, 3.8) is 0 Å². The fraction of sp³-hybridized carbons (Fsp3) is 0.304. The van der Waals surface area contributed by atoms with E-state index in [1.165, 1.54) is 55.5 Å². The van der Waals surface area contributed by atoms with Gasteiger partial charge in [0.15, 0.2) is 0 Å². The van der Waals surface area contributed by atoms with Gasteiger partial charge in [0.25, 0.3) is 21.5 Å². The molecule has 0 unspecified atom stereocenters. The average molecular weight is 992 g/mol. The first-order valence-corrected chi connectivity index (χ1v) is 22.2. The number of carbonyl (C=O) groups excluding carboxylic acids is 2. The summed E-state index contributed by atoms with van der Waals surface area (Å²) in [4.78, 5) is 54.0. The normalized spacial score (nSPS) is 14.9. The number of likely N-dealkylation sites (tertiary alicyclic amines) is 2. The Morgan fingerprint density at radius 1 is 0.757 bits per heavy atom. The molecule has 2 amide bonds. The van der Waals surface area contributed by atoms with E-state index in [0.29, 0.717) is 66.0 Å². The number of amides is 2. The van der Waals surface area contributed by atoms with Crippen LogP contribution in [0.4, 0.5) is 15.8 Å². The van der Waals surface area contributed by atoms with Gasteiger partial charge in [-0.25, -0.2) is 0 Å². The maximum Gasteiger partial charge on any atom is 1.00 e. The number of aryl methyl sites for hydroxylation is 1. The summed E-state index contributed by atoms with van der Waals surface area (Å²) in [6.07, 6.45) is 1.87. The van der Waals surface area contributed by atoms with Crippen LogP contribution in [0.3, 0.4) is 0 Å². The largest absolute Gasteiger partial charge is 1.00 e. The number of nitro groups is 2. The molecule has 7 rings (SSSR count). The molecule has 0 bridgehead atoms. The van der Waals surface area contributed by atoms with E-state index >= 15 is 0 Å². The Bertz CT molecular complexity index is 2860. The van der Waals surface area contributed by atoms with Crippen molar-refractivity contribution in [3.05, 3.63) is 173 Å². The Morgan fingerprint density at radius 2 is 1.20 bits per heavy atom. The Labute approximate surface area is 426 Å². The summed E-state index contributed by atoms with van der Waals surface area (Å²) in [7, 11) is -1.90. The molecular formula is C46H48FN10NaO11S. The van der Waals surface area contributed by atoms with Gasteiger partial charge in [0.2, 0.25) is 11.8 Å². The molecule has 70 heavy (non-hydrogen) atoms. The fourth-order valence-corrected chi connectivity index (χ4v) is 8.52. The number of hydrogen-bond acceptors (Lipinski definition) is 12. The van der Waals surface area contributed by atoms with Gasteiger partial charge < -0.3 is 30.3 Å². The molecule has 5 aromatic carbocycles. The van der Waals surface area contributed by atoms with Crippen LogP contribution in [0.2, 0.25) is 0 Å². The van der Waals surface area contributed by atoms with Crippen LogP contribution in [-0.4, -0.2) is 86.5 Å². The summed E-state index contributed by atoms with van der Waals surface area (Å²) >= 11 is 0. The number of alkyl halides is 1. The molecule has 5 aromatic rings. The quantitative estimate of drug-likeness (QED) is 0.0184. The number of azide groups is 1. The van der Waals surface area contributed by atoms with Crippen LogP contribution in [-0.2, 0) is 37.0 Å². The van der Waals surface area contributed by atoms with Crippen molar-refractivity contribution < 1.29 is 76.8 Å². The summed E-state index contributed by atoms with van der Waals surface area (Å²) in [5, 5.41) is 25.9. The molecule has 0 aliphatic carbocycles. The minimum atomic E-state index is -3.95. The molecule has 2 atom stereocenters. The molecule has 0 saturated carbocycles. The topological polar surface area (TPSA) is 296 Å². The van der Waals surface area contributed by atoms with Gasteiger partial charge in [-0.15, -0.1) is 0 Å². The van der Waals surface area contributed by atoms with Crippen LogP contribution < -0.4 is 39.0 Å². The molecule has 2 heterocycles. The Hall–Kier alpha value is -7.10. The maximum absolute atomic E-state index is 12.6. The van der Waals surface area contributed by atoms with E-state index in [-0.39, 0.29) is 83.4 Å². The number of rotatable bonds is 16. The second-order valence-electron chi connectivity index (χ2n) is 15.2. The van der Waals surface area contributed by atoms with Gasteiger partial charge in [-0.05, 0) is 83.9 Å². The third kappa shape index (κ3) is 15.5. The molecule has 24 heteroatoms. The van der Waals surface area contributed by atoms with Crippen molar-refractivity contribution in [1.82, 2.24) is 9.80 Å².